The van der Waals surface area contributed by atoms with Crippen LogP contribution < -0.4 is 5.73 Å². The first-order valence-corrected chi connectivity index (χ1v) is 6.67. The van der Waals surface area contributed by atoms with Crippen molar-refractivity contribution in [2.24, 2.45) is 23.5 Å². The van der Waals surface area contributed by atoms with Crippen LogP contribution in [0.15, 0.2) is 23.8 Å². The molecule has 0 aromatic rings. The van der Waals surface area contributed by atoms with E-state index in [2.05, 4.69) is 12.1 Å². The van der Waals surface area contributed by atoms with E-state index < -0.39 is 0 Å². The molecule has 104 valence electrons. The summed E-state index contributed by atoms with van der Waals surface area (Å²) in [6, 6.07) is 2.18. The van der Waals surface area contributed by atoms with Crippen molar-refractivity contribution in [1.29, 1.82) is 5.26 Å². The van der Waals surface area contributed by atoms with Gasteiger partial charge < -0.3 is 10.5 Å². The number of esters is 1. The Kier molecular flexibility index (Phi) is 6.31. The average Bonchev–Trinajstić information content (AvgIpc) is 2.44. The number of ether oxygens (including phenoxy) is 1. The van der Waals surface area contributed by atoms with Gasteiger partial charge in [-0.05, 0) is 43.7 Å². The molecule has 1 aliphatic carbocycles. The first kappa shape index (κ1) is 15.5. The molecule has 0 radical (unpaired) electrons. The van der Waals surface area contributed by atoms with Crippen LogP contribution in [-0.2, 0) is 9.53 Å². The summed E-state index contributed by atoms with van der Waals surface area (Å²) >= 11 is 0. The fourth-order valence-electron chi connectivity index (χ4n) is 2.49. The van der Waals surface area contributed by atoms with Crippen LogP contribution in [0.4, 0.5) is 0 Å². The summed E-state index contributed by atoms with van der Waals surface area (Å²) < 4.78 is 4.89. The number of rotatable bonds is 6. The number of carbonyl (C=O) groups excluding carboxylic acids is 1. The van der Waals surface area contributed by atoms with E-state index in [4.69, 9.17) is 15.7 Å². The molecule has 4 heteroatoms. The second kappa shape index (κ2) is 7.75. The van der Waals surface area contributed by atoms with Crippen LogP contribution in [0.1, 0.15) is 26.2 Å². The van der Waals surface area contributed by atoms with Crippen molar-refractivity contribution < 1.29 is 9.53 Å². The van der Waals surface area contributed by atoms with Gasteiger partial charge in [0.15, 0.2) is 0 Å². The Balaban J connectivity index is 2.68. The summed E-state index contributed by atoms with van der Waals surface area (Å²) in [7, 11) is 1.42. The Morgan fingerprint density at radius 2 is 2.42 bits per heavy atom. The molecule has 4 nitrogen and oxygen atoms in total. The van der Waals surface area contributed by atoms with Gasteiger partial charge in [0.25, 0.3) is 0 Å². The number of nitrogens with zero attached hydrogens (tertiary/aromatic N) is 1. The van der Waals surface area contributed by atoms with Crippen LogP contribution >= 0.6 is 0 Å². The number of nitriles is 1. The molecule has 0 fully saturated rings. The van der Waals surface area contributed by atoms with Crippen LogP contribution in [0.25, 0.3) is 0 Å². The van der Waals surface area contributed by atoms with Crippen LogP contribution in [0.3, 0.4) is 0 Å². The van der Waals surface area contributed by atoms with E-state index in [1.807, 2.05) is 19.1 Å². The third kappa shape index (κ3) is 4.53. The number of carbonyl (C=O) groups is 1. The molecule has 3 atom stereocenters. The zero-order chi connectivity index (χ0) is 14.3. The topological polar surface area (TPSA) is 76.1 Å². The summed E-state index contributed by atoms with van der Waals surface area (Å²) in [5.74, 6) is 0.0925. The van der Waals surface area contributed by atoms with Crippen LogP contribution in [0, 0.1) is 29.1 Å². The van der Waals surface area contributed by atoms with Gasteiger partial charge in [0, 0.05) is 5.57 Å². The highest BCUT2D eigenvalue weighted by atomic mass is 16.5. The summed E-state index contributed by atoms with van der Waals surface area (Å²) in [6.07, 6.45) is 8.00. The van der Waals surface area contributed by atoms with Crippen molar-refractivity contribution >= 4 is 5.97 Å². The van der Waals surface area contributed by atoms with E-state index in [1.165, 1.54) is 7.11 Å². The van der Waals surface area contributed by atoms with E-state index in [9.17, 15) is 4.79 Å². The molecular weight excluding hydrogens is 240 g/mol. The minimum absolute atomic E-state index is 0.152. The van der Waals surface area contributed by atoms with E-state index in [1.54, 1.807) is 0 Å². The van der Waals surface area contributed by atoms with Crippen LogP contribution in [0.2, 0.25) is 0 Å². The third-order valence-corrected chi connectivity index (χ3v) is 3.68. The van der Waals surface area contributed by atoms with Gasteiger partial charge in [0.05, 0.1) is 19.1 Å². The van der Waals surface area contributed by atoms with Gasteiger partial charge in [-0.3, -0.25) is 4.79 Å². The molecule has 0 amide bonds. The lowest BCUT2D eigenvalue weighted by Gasteiger charge is -2.25. The fraction of sp³-hybridized carbons (Fsp3) is 0.600. The molecular formula is C15H22N2O2. The van der Waals surface area contributed by atoms with Gasteiger partial charge in [-0.2, -0.15) is 5.26 Å². The molecule has 0 heterocycles. The lowest BCUT2D eigenvalue weighted by atomic mass is 9.80. The van der Waals surface area contributed by atoms with Crippen LogP contribution in [0.5, 0.6) is 0 Å². The predicted molar refractivity (Wildman–Crippen MR) is 73.9 cm³/mol. The largest absolute Gasteiger partial charge is 0.469 e. The summed E-state index contributed by atoms with van der Waals surface area (Å²) in [4.78, 5) is 11.9. The van der Waals surface area contributed by atoms with Gasteiger partial charge in [0.1, 0.15) is 0 Å². The fourth-order valence-corrected chi connectivity index (χ4v) is 2.49. The van der Waals surface area contributed by atoms with Gasteiger partial charge in [0.2, 0.25) is 0 Å². The van der Waals surface area contributed by atoms with Crippen molar-refractivity contribution in [3.8, 4) is 6.07 Å². The quantitative estimate of drug-likeness (QED) is 0.744. The van der Waals surface area contributed by atoms with Gasteiger partial charge in [-0.15, -0.1) is 0 Å². The molecule has 19 heavy (non-hydrogen) atoms. The number of nitrogens with two attached hydrogens (primary N) is 1. The highest BCUT2D eigenvalue weighted by molar-refractivity contribution is 5.72. The Morgan fingerprint density at radius 1 is 1.68 bits per heavy atom. The molecule has 2 unspecified atom stereocenters. The van der Waals surface area contributed by atoms with E-state index in [0.717, 1.165) is 12.0 Å². The summed E-state index contributed by atoms with van der Waals surface area (Å²) in [5.41, 5.74) is 6.33. The van der Waals surface area contributed by atoms with Gasteiger partial charge in [-0.1, -0.05) is 19.1 Å². The lowest BCUT2D eigenvalue weighted by molar-refractivity contribution is -0.147. The maximum Gasteiger partial charge on any atom is 0.308 e. The molecule has 0 aliphatic heterocycles. The zero-order valence-corrected chi connectivity index (χ0v) is 11.6. The second-order valence-corrected chi connectivity index (χ2v) is 5.07. The number of hydrogen-bond donors (Lipinski definition) is 1. The molecule has 2 N–H and O–H groups in total. The normalized spacial score (nSPS) is 21.2. The monoisotopic (exact) mass is 262 g/mol. The Labute approximate surface area is 114 Å². The molecule has 0 aromatic heterocycles. The van der Waals surface area contributed by atoms with E-state index in [-0.39, 0.29) is 23.7 Å². The Morgan fingerprint density at radius 3 is 3.00 bits per heavy atom. The average molecular weight is 262 g/mol. The molecule has 1 rings (SSSR count). The predicted octanol–water partition coefficient (Wildman–Crippen LogP) is 2.18. The molecule has 1 aliphatic rings. The second-order valence-electron chi connectivity index (χ2n) is 5.07. The smallest absolute Gasteiger partial charge is 0.308 e. The van der Waals surface area contributed by atoms with Gasteiger partial charge in [-0.25, -0.2) is 0 Å². The van der Waals surface area contributed by atoms with E-state index in [0.29, 0.717) is 19.4 Å². The van der Waals surface area contributed by atoms with Crippen molar-refractivity contribution in [3.63, 3.8) is 0 Å². The minimum Gasteiger partial charge on any atom is -0.469 e. The van der Waals surface area contributed by atoms with E-state index >= 15 is 0 Å². The highest BCUT2D eigenvalue weighted by Crippen LogP contribution is 2.30. The van der Waals surface area contributed by atoms with Crippen molar-refractivity contribution in [2.75, 3.05) is 13.7 Å². The summed E-state index contributed by atoms with van der Waals surface area (Å²) in [5, 5.41) is 8.93. The minimum atomic E-state index is -0.178. The highest BCUT2D eigenvalue weighted by Gasteiger charge is 2.28. The number of allylic oxidation sites excluding steroid dienone is 4. The molecule has 0 spiro atoms. The third-order valence-electron chi connectivity index (χ3n) is 3.68. The number of hydrogen-bond acceptors (Lipinski definition) is 4. The molecule has 0 saturated heterocycles. The van der Waals surface area contributed by atoms with Crippen LogP contribution in [-0.4, -0.2) is 19.6 Å². The molecule has 0 aromatic carbocycles. The Hall–Kier alpha value is -1.60. The Bertz CT molecular complexity index is 407. The maximum atomic E-state index is 11.9. The lowest BCUT2D eigenvalue weighted by Crippen LogP contribution is -2.27. The SMILES string of the molecule is COC(=O)C(CC1C=CC=C(C#N)C1)[C@H](C)CCN. The molecule has 0 bridgehead atoms. The summed E-state index contributed by atoms with van der Waals surface area (Å²) in [6.45, 7) is 2.60. The standard InChI is InChI=1S/C15H22N2O2/c1-11(6-7-16)14(15(18)19-2)9-12-4-3-5-13(8-12)10-17/h3-5,11-12,14H,6-9,16H2,1-2H3/t11-,12?,14?/m1/s1. The van der Waals surface area contributed by atoms with Crippen molar-refractivity contribution in [2.45, 2.75) is 26.2 Å². The first-order valence-electron chi connectivity index (χ1n) is 6.67. The van der Waals surface area contributed by atoms with Crippen molar-refractivity contribution in [3.05, 3.63) is 23.8 Å². The van der Waals surface area contributed by atoms with Crippen molar-refractivity contribution in [1.82, 2.24) is 0 Å². The molecule has 0 saturated carbocycles. The number of methoxy groups -OCH3 is 1. The zero-order valence-electron chi connectivity index (χ0n) is 11.6. The van der Waals surface area contributed by atoms with Gasteiger partial charge >= 0.3 is 5.97 Å². The first-order chi connectivity index (χ1) is 9.12. The maximum absolute atomic E-state index is 11.9.